The van der Waals surface area contributed by atoms with Crippen LogP contribution in [0.2, 0.25) is 0 Å². The number of hydrogen-bond acceptors (Lipinski definition) is 6. The number of halogens is 1. The maximum absolute atomic E-state index is 12.9. The third-order valence-corrected chi connectivity index (χ3v) is 3.03. The first-order valence-corrected chi connectivity index (χ1v) is 6.74. The molecule has 0 aliphatic carbocycles. The summed E-state index contributed by atoms with van der Waals surface area (Å²) in [5.41, 5.74) is 0.678. The fourth-order valence-corrected chi connectivity index (χ4v) is 1.84. The standard InChI is InChI=1S/C16H13FN2O5/c1-24-16(23)14(21)6-13(20)15(22)12-8-19(9-18-12)7-10-2-4-11(17)5-3-10/h2-6,8-9,20H,7H2,1H3. The fraction of sp³-hybridized carbons (Fsp3) is 0.125. The number of aliphatic hydroxyl groups excluding tert-OH is 1. The average Bonchev–Trinajstić information content (AvgIpc) is 3.03. The number of benzene rings is 1. The van der Waals surface area contributed by atoms with Gasteiger partial charge < -0.3 is 14.4 Å². The van der Waals surface area contributed by atoms with Crippen LogP contribution in [0.1, 0.15) is 16.1 Å². The first kappa shape index (κ1) is 17.1. The van der Waals surface area contributed by atoms with Gasteiger partial charge in [-0.25, -0.2) is 14.2 Å². The lowest BCUT2D eigenvalue weighted by Gasteiger charge is -2.01. The number of nitrogens with zero attached hydrogens (tertiary/aromatic N) is 2. The highest BCUT2D eigenvalue weighted by Crippen LogP contribution is 2.08. The Balaban J connectivity index is 2.10. The minimum absolute atomic E-state index is 0.108. The summed E-state index contributed by atoms with van der Waals surface area (Å²) >= 11 is 0. The number of carbonyl (C=O) groups excluding carboxylic acids is 3. The number of aliphatic hydroxyl groups is 1. The number of allylic oxidation sites excluding steroid dienone is 1. The van der Waals surface area contributed by atoms with E-state index >= 15 is 0 Å². The molecule has 2 rings (SSSR count). The molecule has 7 nitrogen and oxygen atoms in total. The molecule has 0 fully saturated rings. The van der Waals surface area contributed by atoms with Gasteiger partial charge in [-0.2, -0.15) is 0 Å². The molecule has 0 radical (unpaired) electrons. The van der Waals surface area contributed by atoms with Crippen LogP contribution in [0, 0.1) is 5.82 Å². The first-order chi connectivity index (χ1) is 11.4. The molecular formula is C16H13FN2O5. The van der Waals surface area contributed by atoms with Crippen molar-refractivity contribution in [2.45, 2.75) is 6.54 Å². The Labute approximate surface area is 136 Å². The third-order valence-electron chi connectivity index (χ3n) is 3.03. The van der Waals surface area contributed by atoms with Gasteiger partial charge in [0, 0.05) is 18.8 Å². The van der Waals surface area contributed by atoms with Crippen molar-refractivity contribution in [3.63, 3.8) is 0 Å². The summed E-state index contributed by atoms with van der Waals surface area (Å²) in [6, 6.07) is 5.79. The van der Waals surface area contributed by atoms with Crippen molar-refractivity contribution in [3.8, 4) is 0 Å². The molecule has 8 heteroatoms. The van der Waals surface area contributed by atoms with Crippen LogP contribution < -0.4 is 0 Å². The minimum Gasteiger partial charge on any atom is -0.504 e. The molecule has 0 saturated carbocycles. The van der Waals surface area contributed by atoms with E-state index in [1.165, 1.54) is 24.7 Å². The Kier molecular flexibility index (Phi) is 5.20. The van der Waals surface area contributed by atoms with Gasteiger partial charge in [0.15, 0.2) is 5.76 Å². The van der Waals surface area contributed by atoms with E-state index in [4.69, 9.17) is 0 Å². The van der Waals surface area contributed by atoms with Crippen molar-refractivity contribution in [2.24, 2.45) is 0 Å². The number of aromatic nitrogens is 2. The zero-order valence-electron chi connectivity index (χ0n) is 12.6. The van der Waals surface area contributed by atoms with Crippen LogP contribution in [0.15, 0.2) is 48.6 Å². The van der Waals surface area contributed by atoms with Gasteiger partial charge in [0.2, 0.25) is 5.78 Å². The second-order valence-corrected chi connectivity index (χ2v) is 4.77. The maximum Gasteiger partial charge on any atom is 0.378 e. The van der Waals surface area contributed by atoms with Crippen LogP contribution in [0.5, 0.6) is 0 Å². The minimum atomic E-state index is -1.20. The highest BCUT2D eigenvalue weighted by Gasteiger charge is 2.19. The zero-order valence-corrected chi connectivity index (χ0v) is 12.6. The van der Waals surface area contributed by atoms with E-state index in [9.17, 15) is 23.9 Å². The summed E-state index contributed by atoms with van der Waals surface area (Å²) in [7, 11) is 1.00. The summed E-state index contributed by atoms with van der Waals surface area (Å²) in [5.74, 6) is -4.54. The number of carbonyl (C=O) groups is 3. The molecule has 0 bridgehead atoms. The summed E-state index contributed by atoms with van der Waals surface area (Å²) in [5, 5.41) is 9.61. The van der Waals surface area contributed by atoms with E-state index < -0.39 is 23.3 Å². The van der Waals surface area contributed by atoms with Gasteiger partial charge in [-0.1, -0.05) is 12.1 Å². The number of methoxy groups -OCH3 is 1. The predicted molar refractivity (Wildman–Crippen MR) is 79.8 cm³/mol. The molecule has 1 aromatic heterocycles. The van der Waals surface area contributed by atoms with Crippen LogP contribution in [0.3, 0.4) is 0 Å². The molecule has 0 unspecified atom stereocenters. The van der Waals surface area contributed by atoms with Crippen LogP contribution in [-0.2, 0) is 20.9 Å². The number of rotatable bonds is 6. The van der Waals surface area contributed by atoms with Crippen LogP contribution in [-0.4, -0.2) is 39.3 Å². The highest BCUT2D eigenvalue weighted by molar-refractivity contribution is 6.39. The quantitative estimate of drug-likeness (QED) is 0.282. The van der Waals surface area contributed by atoms with Gasteiger partial charge in [-0.3, -0.25) is 9.59 Å². The van der Waals surface area contributed by atoms with E-state index in [1.807, 2.05) is 0 Å². The molecule has 24 heavy (non-hydrogen) atoms. The fourth-order valence-electron chi connectivity index (χ4n) is 1.84. The first-order valence-electron chi connectivity index (χ1n) is 6.74. The molecule has 2 aromatic rings. The Morgan fingerprint density at radius 1 is 1.29 bits per heavy atom. The summed E-state index contributed by atoms with van der Waals surface area (Å²) in [6.07, 6.45) is 3.19. The number of ether oxygens (including phenoxy) is 1. The van der Waals surface area contributed by atoms with Gasteiger partial charge in [0.25, 0.3) is 5.78 Å². The molecule has 0 spiro atoms. The Morgan fingerprint density at radius 3 is 2.58 bits per heavy atom. The average molecular weight is 332 g/mol. The van der Waals surface area contributed by atoms with Crippen LogP contribution in [0.25, 0.3) is 0 Å². The topological polar surface area (TPSA) is 98.5 Å². The summed E-state index contributed by atoms with van der Waals surface area (Å²) < 4.78 is 18.6. The molecule has 124 valence electrons. The molecular weight excluding hydrogens is 319 g/mol. The SMILES string of the molecule is COC(=O)C(=O)C=C(O)C(=O)c1cn(Cc2ccc(F)cc2)cn1. The van der Waals surface area contributed by atoms with Gasteiger partial charge in [-0.15, -0.1) is 0 Å². The molecule has 0 saturated heterocycles. The van der Waals surface area contributed by atoms with E-state index in [1.54, 1.807) is 16.7 Å². The van der Waals surface area contributed by atoms with Crippen molar-refractivity contribution < 1.29 is 28.6 Å². The number of ketones is 2. The van der Waals surface area contributed by atoms with E-state index in [0.717, 1.165) is 12.7 Å². The lowest BCUT2D eigenvalue weighted by Crippen LogP contribution is -2.15. The van der Waals surface area contributed by atoms with Gasteiger partial charge >= 0.3 is 5.97 Å². The molecule has 1 aromatic carbocycles. The van der Waals surface area contributed by atoms with Crippen molar-refractivity contribution in [1.82, 2.24) is 9.55 Å². The largest absolute Gasteiger partial charge is 0.504 e. The van der Waals surface area contributed by atoms with E-state index in [-0.39, 0.29) is 11.5 Å². The van der Waals surface area contributed by atoms with Crippen molar-refractivity contribution >= 4 is 17.5 Å². The molecule has 0 amide bonds. The predicted octanol–water partition coefficient (Wildman–Crippen LogP) is 1.44. The zero-order chi connectivity index (χ0) is 17.7. The lowest BCUT2D eigenvalue weighted by atomic mass is 10.2. The Morgan fingerprint density at radius 2 is 1.96 bits per heavy atom. The number of imidazole rings is 1. The molecule has 1 N–H and O–H groups in total. The van der Waals surface area contributed by atoms with Gasteiger partial charge in [0.05, 0.1) is 13.4 Å². The van der Waals surface area contributed by atoms with E-state index in [0.29, 0.717) is 12.6 Å². The Bertz CT molecular complexity index is 808. The molecule has 0 aliphatic heterocycles. The second kappa shape index (κ2) is 7.32. The van der Waals surface area contributed by atoms with Crippen LogP contribution >= 0.6 is 0 Å². The normalized spacial score (nSPS) is 11.2. The Hall–Kier alpha value is -3.29. The van der Waals surface area contributed by atoms with Crippen molar-refractivity contribution in [3.05, 3.63) is 65.7 Å². The molecule has 1 heterocycles. The second-order valence-electron chi connectivity index (χ2n) is 4.77. The van der Waals surface area contributed by atoms with E-state index in [2.05, 4.69) is 9.72 Å². The number of hydrogen-bond donors (Lipinski definition) is 1. The molecule has 0 aliphatic rings. The highest BCUT2D eigenvalue weighted by atomic mass is 19.1. The summed E-state index contributed by atoms with van der Waals surface area (Å²) in [4.78, 5) is 38.0. The number of esters is 1. The summed E-state index contributed by atoms with van der Waals surface area (Å²) in [6.45, 7) is 0.339. The number of Topliss-reactive ketones (excluding diaryl/α,β-unsaturated/α-hetero) is 1. The van der Waals surface area contributed by atoms with Crippen molar-refractivity contribution in [2.75, 3.05) is 7.11 Å². The third kappa shape index (κ3) is 4.13. The van der Waals surface area contributed by atoms with Gasteiger partial charge in [-0.05, 0) is 17.7 Å². The van der Waals surface area contributed by atoms with Crippen molar-refractivity contribution in [1.29, 1.82) is 0 Å². The molecule has 0 atom stereocenters. The smallest absolute Gasteiger partial charge is 0.378 e. The van der Waals surface area contributed by atoms with Crippen LogP contribution in [0.4, 0.5) is 4.39 Å². The lowest BCUT2D eigenvalue weighted by molar-refractivity contribution is -0.149. The monoisotopic (exact) mass is 332 g/mol. The maximum atomic E-state index is 12.9. The van der Waals surface area contributed by atoms with Gasteiger partial charge in [0.1, 0.15) is 11.5 Å².